The van der Waals surface area contributed by atoms with Gasteiger partial charge in [0.2, 0.25) is 10.0 Å². The van der Waals surface area contributed by atoms with E-state index < -0.39 is 10.0 Å². The molecule has 0 aliphatic rings. The molecule has 122 valence electrons. The van der Waals surface area contributed by atoms with E-state index in [1.165, 1.54) is 6.20 Å². The number of sulfonamides is 1. The molecule has 1 rings (SSSR count). The molecule has 0 amide bonds. The molecule has 5 nitrogen and oxygen atoms in total. The van der Waals surface area contributed by atoms with Crippen molar-refractivity contribution in [2.75, 3.05) is 13.1 Å². The van der Waals surface area contributed by atoms with Crippen LogP contribution in [0.15, 0.2) is 17.3 Å². The average Bonchev–Trinajstić information content (AvgIpc) is 2.95. The number of aryl methyl sites for hydroxylation is 1. The Kier molecular flexibility index (Phi) is 7.96. The molecule has 0 aliphatic heterocycles. The minimum absolute atomic E-state index is 0.317. The maximum atomic E-state index is 12.7. The third kappa shape index (κ3) is 5.43. The first-order chi connectivity index (χ1) is 10.1. The maximum absolute atomic E-state index is 12.7. The van der Waals surface area contributed by atoms with Crippen LogP contribution >= 0.6 is 0 Å². The molecule has 0 fully saturated rings. The molecule has 0 atom stereocenters. The summed E-state index contributed by atoms with van der Waals surface area (Å²) < 4.78 is 28.7. The Hall–Kier alpha value is -0.880. The minimum atomic E-state index is -3.40. The molecule has 0 unspecified atom stereocenters. The van der Waals surface area contributed by atoms with Gasteiger partial charge in [-0.1, -0.05) is 39.5 Å². The molecule has 0 saturated carbocycles. The minimum Gasteiger partial charge on any atom is -0.272 e. The summed E-state index contributed by atoms with van der Waals surface area (Å²) in [6.45, 7) is 8.10. The van der Waals surface area contributed by atoms with Crippen LogP contribution in [0.4, 0.5) is 0 Å². The van der Waals surface area contributed by atoms with Crippen LogP contribution in [-0.2, 0) is 16.6 Å². The monoisotopic (exact) mass is 315 g/mol. The Balaban J connectivity index is 2.81. The van der Waals surface area contributed by atoms with Gasteiger partial charge in [0.1, 0.15) is 4.90 Å². The van der Waals surface area contributed by atoms with E-state index in [1.54, 1.807) is 15.2 Å². The van der Waals surface area contributed by atoms with Crippen LogP contribution in [0.1, 0.15) is 59.3 Å². The molecule has 0 bridgehead atoms. The van der Waals surface area contributed by atoms with Gasteiger partial charge in [-0.05, 0) is 19.8 Å². The third-order valence-electron chi connectivity index (χ3n) is 3.59. The highest BCUT2D eigenvalue weighted by atomic mass is 32.2. The van der Waals surface area contributed by atoms with Gasteiger partial charge in [-0.2, -0.15) is 9.40 Å². The van der Waals surface area contributed by atoms with Gasteiger partial charge in [0.05, 0.1) is 6.20 Å². The Labute approximate surface area is 129 Å². The standard InChI is InChI=1S/C15H29N3O2S/c1-4-7-9-11-18(12-10-8-5-2)21(19,20)15-13-16-17(6-3)14-15/h13-14H,4-12H2,1-3H3. The summed E-state index contributed by atoms with van der Waals surface area (Å²) in [6.07, 6.45) is 9.25. The predicted molar refractivity (Wildman–Crippen MR) is 85.7 cm³/mol. The lowest BCUT2D eigenvalue weighted by Gasteiger charge is -2.21. The van der Waals surface area contributed by atoms with Gasteiger partial charge in [-0.15, -0.1) is 0 Å². The average molecular weight is 315 g/mol. The van der Waals surface area contributed by atoms with Crippen LogP contribution in [0.3, 0.4) is 0 Å². The van der Waals surface area contributed by atoms with Crippen LogP contribution in [-0.4, -0.2) is 35.6 Å². The lowest BCUT2D eigenvalue weighted by molar-refractivity contribution is 0.388. The van der Waals surface area contributed by atoms with Crippen molar-refractivity contribution in [3.8, 4) is 0 Å². The first-order valence-corrected chi connectivity index (χ1v) is 9.52. The number of hydrogen-bond donors (Lipinski definition) is 0. The zero-order chi connectivity index (χ0) is 15.7. The van der Waals surface area contributed by atoms with Gasteiger partial charge < -0.3 is 0 Å². The van der Waals surface area contributed by atoms with E-state index in [-0.39, 0.29) is 0 Å². The summed E-state index contributed by atoms with van der Waals surface area (Å²) in [5.41, 5.74) is 0. The second-order valence-corrected chi connectivity index (χ2v) is 7.29. The molecule has 0 N–H and O–H groups in total. The van der Waals surface area contributed by atoms with Gasteiger partial charge in [-0.25, -0.2) is 8.42 Å². The molecule has 0 radical (unpaired) electrons. The molecule has 0 saturated heterocycles. The number of unbranched alkanes of at least 4 members (excludes halogenated alkanes) is 4. The molecule has 0 aliphatic carbocycles. The summed E-state index contributed by atoms with van der Waals surface area (Å²) >= 11 is 0. The van der Waals surface area contributed by atoms with E-state index in [0.717, 1.165) is 38.5 Å². The third-order valence-corrected chi connectivity index (χ3v) is 5.44. The van der Waals surface area contributed by atoms with E-state index in [4.69, 9.17) is 0 Å². The Bertz CT molecular complexity index is 487. The molecule has 0 aromatic carbocycles. The van der Waals surface area contributed by atoms with Crippen molar-refractivity contribution in [2.24, 2.45) is 0 Å². The lowest BCUT2D eigenvalue weighted by atomic mass is 10.2. The molecule has 6 heteroatoms. The molecule has 1 aromatic heterocycles. The number of hydrogen-bond acceptors (Lipinski definition) is 3. The summed E-state index contributed by atoms with van der Waals surface area (Å²) in [5, 5.41) is 4.09. The summed E-state index contributed by atoms with van der Waals surface area (Å²) in [4.78, 5) is 0.317. The van der Waals surface area contributed by atoms with Crippen LogP contribution in [0, 0.1) is 0 Å². The topological polar surface area (TPSA) is 55.2 Å². The molecule has 1 aromatic rings. The molecular weight excluding hydrogens is 286 g/mol. The zero-order valence-corrected chi connectivity index (χ0v) is 14.4. The van der Waals surface area contributed by atoms with Crippen molar-refractivity contribution in [3.05, 3.63) is 12.4 Å². The summed E-state index contributed by atoms with van der Waals surface area (Å²) in [5.74, 6) is 0. The van der Waals surface area contributed by atoms with Gasteiger partial charge in [0.25, 0.3) is 0 Å². The largest absolute Gasteiger partial charge is 0.272 e. The van der Waals surface area contributed by atoms with Crippen molar-refractivity contribution >= 4 is 10.0 Å². The highest BCUT2D eigenvalue weighted by molar-refractivity contribution is 7.89. The van der Waals surface area contributed by atoms with Crippen LogP contribution in [0.2, 0.25) is 0 Å². The van der Waals surface area contributed by atoms with E-state index in [9.17, 15) is 8.42 Å². The van der Waals surface area contributed by atoms with Gasteiger partial charge in [0.15, 0.2) is 0 Å². The smallest absolute Gasteiger partial charge is 0.246 e. The molecule has 21 heavy (non-hydrogen) atoms. The van der Waals surface area contributed by atoms with Crippen molar-refractivity contribution in [1.29, 1.82) is 0 Å². The Morgan fingerprint density at radius 1 is 1.05 bits per heavy atom. The van der Waals surface area contributed by atoms with E-state index in [1.807, 2.05) is 6.92 Å². The number of aromatic nitrogens is 2. The van der Waals surface area contributed by atoms with Gasteiger partial charge in [0, 0.05) is 25.8 Å². The van der Waals surface area contributed by atoms with Crippen molar-refractivity contribution < 1.29 is 8.42 Å². The highest BCUT2D eigenvalue weighted by Crippen LogP contribution is 2.17. The van der Waals surface area contributed by atoms with E-state index in [0.29, 0.717) is 24.5 Å². The SMILES string of the molecule is CCCCCN(CCCCC)S(=O)(=O)c1cnn(CC)c1. The summed E-state index contributed by atoms with van der Waals surface area (Å²) in [6, 6.07) is 0. The van der Waals surface area contributed by atoms with Crippen molar-refractivity contribution in [3.63, 3.8) is 0 Å². The van der Waals surface area contributed by atoms with Crippen LogP contribution in [0.5, 0.6) is 0 Å². The summed E-state index contributed by atoms with van der Waals surface area (Å²) in [7, 11) is -3.40. The molecular formula is C15H29N3O2S. The van der Waals surface area contributed by atoms with Crippen LogP contribution in [0.25, 0.3) is 0 Å². The first kappa shape index (κ1) is 18.2. The van der Waals surface area contributed by atoms with Gasteiger partial charge >= 0.3 is 0 Å². The fourth-order valence-corrected chi connectivity index (χ4v) is 3.70. The maximum Gasteiger partial charge on any atom is 0.246 e. The fourth-order valence-electron chi connectivity index (χ4n) is 2.23. The van der Waals surface area contributed by atoms with Crippen molar-refractivity contribution in [2.45, 2.75) is 70.7 Å². The number of nitrogens with zero attached hydrogens (tertiary/aromatic N) is 3. The predicted octanol–water partition coefficient (Wildman–Crippen LogP) is 3.27. The lowest BCUT2D eigenvalue weighted by Crippen LogP contribution is -2.33. The van der Waals surface area contributed by atoms with E-state index >= 15 is 0 Å². The second-order valence-electron chi connectivity index (χ2n) is 5.35. The zero-order valence-electron chi connectivity index (χ0n) is 13.6. The Morgan fingerprint density at radius 2 is 1.62 bits per heavy atom. The van der Waals surface area contributed by atoms with Crippen LogP contribution < -0.4 is 0 Å². The quantitative estimate of drug-likeness (QED) is 0.589. The first-order valence-electron chi connectivity index (χ1n) is 8.08. The fraction of sp³-hybridized carbons (Fsp3) is 0.800. The van der Waals surface area contributed by atoms with Gasteiger partial charge in [-0.3, -0.25) is 4.68 Å². The molecule has 1 heterocycles. The number of rotatable bonds is 11. The highest BCUT2D eigenvalue weighted by Gasteiger charge is 2.25. The molecule has 0 spiro atoms. The van der Waals surface area contributed by atoms with E-state index in [2.05, 4.69) is 18.9 Å². The normalized spacial score (nSPS) is 12.2. The Morgan fingerprint density at radius 3 is 2.05 bits per heavy atom. The van der Waals surface area contributed by atoms with Crippen molar-refractivity contribution in [1.82, 2.24) is 14.1 Å². The second kappa shape index (κ2) is 9.20.